The lowest BCUT2D eigenvalue weighted by atomic mass is 9.60. The van der Waals surface area contributed by atoms with Gasteiger partial charge in [0.05, 0.1) is 0 Å². The Morgan fingerprint density at radius 1 is 0.367 bits per heavy atom. The van der Waals surface area contributed by atoms with Crippen LogP contribution in [0.15, 0.2) is 144 Å². The number of fused-ring (bicyclic) bond motifs is 5. The minimum Gasteiger partial charge on any atom is -0.456 e. The summed E-state index contributed by atoms with van der Waals surface area (Å²) in [5, 5.41) is 2.15. The van der Waals surface area contributed by atoms with Crippen molar-refractivity contribution in [3.8, 4) is 45.3 Å². The van der Waals surface area contributed by atoms with Crippen LogP contribution < -0.4 is 0 Å². The number of aromatic nitrogens is 3. The Kier molecular flexibility index (Phi) is 6.47. The van der Waals surface area contributed by atoms with Crippen molar-refractivity contribution in [1.82, 2.24) is 15.0 Å². The lowest BCUT2D eigenvalue weighted by Gasteiger charge is -2.44. The van der Waals surface area contributed by atoms with Gasteiger partial charge >= 0.3 is 0 Å². The molecule has 4 heteroatoms. The summed E-state index contributed by atoms with van der Waals surface area (Å²) >= 11 is 0. The second-order valence-corrected chi connectivity index (χ2v) is 14.1. The fourth-order valence-corrected chi connectivity index (χ4v) is 7.68. The van der Waals surface area contributed by atoms with Crippen molar-refractivity contribution >= 4 is 21.9 Å². The molecule has 6 aromatic carbocycles. The quantitative estimate of drug-likeness (QED) is 0.193. The van der Waals surface area contributed by atoms with E-state index in [0.29, 0.717) is 17.5 Å². The van der Waals surface area contributed by atoms with Gasteiger partial charge in [-0.2, -0.15) is 0 Å². The summed E-state index contributed by atoms with van der Waals surface area (Å²) in [6.45, 7) is 9.40. The zero-order valence-corrected chi connectivity index (χ0v) is 28.0. The first kappa shape index (κ1) is 29.3. The number of hydrogen-bond donors (Lipinski definition) is 0. The highest BCUT2D eigenvalue weighted by atomic mass is 16.3. The molecule has 0 atom stereocenters. The molecule has 0 aliphatic heterocycles. The average molecular weight is 634 g/mol. The van der Waals surface area contributed by atoms with Gasteiger partial charge < -0.3 is 4.42 Å². The summed E-state index contributed by atoms with van der Waals surface area (Å²) in [6.07, 6.45) is 0. The topological polar surface area (TPSA) is 51.8 Å². The Balaban J connectivity index is 1.13. The molecule has 49 heavy (non-hydrogen) atoms. The van der Waals surface area contributed by atoms with Crippen LogP contribution in [0.5, 0.6) is 0 Å². The third-order valence-corrected chi connectivity index (χ3v) is 10.4. The minimum atomic E-state index is -0.101. The molecule has 0 saturated carbocycles. The first-order valence-electron chi connectivity index (χ1n) is 16.9. The Hall–Kier alpha value is -5.87. The fourth-order valence-electron chi connectivity index (χ4n) is 7.68. The zero-order chi connectivity index (χ0) is 33.3. The van der Waals surface area contributed by atoms with E-state index in [4.69, 9.17) is 19.4 Å². The Labute approximate surface area is 286 Å². The van der Waals surface area contributed by atoms with Gasteiger partial charge in [0, 0.05) is 38.3 Å². The standard InChI is InChI=1S/C45H35N3O/c1-44(2)35-17-11-12-18-36(35)45(3,4)38-26-31(20-23-37(38)44)30-21-24-39-34(25-30)33-22-19-32(27-40(33)49-39)43-47-41(28-13-7-5-8-14-28)46-42(48-43)29-15-9-6-10-16-29/h5-27H,1-4H3. The molecule has 0 unspecified atom stereocenters. The van der Waals surface area contributed by atoms with E-state index in [1.807, 2.05) is 60.7 Å². The molecule has 0 bridgehead atoms. The van der Waals surface area contributed by atoms with Gasteiger partial charge in [0.2, 0.25) is 0 Å². The summed E-state index contributed by atoms with van der Waals surface area (Å²) in [5.74, 6) is 1.88. The van der Waals surface area contributed by atoms with Crippen LogP contribution in [0.4, 0.5) is 0 Å². The van der Waals surface area contributed by atoms with Gasteiger partial charge in [0.1, 0.15) is 11.2 Å². The fraction of sp³-hybridized carbons (Fsp3) is 0.133. The van der Waals surface area contributed by atoms with Crippen molar-refractivity contribution in [3.63, 3.8) is 0 Å². The number of nitrogens with zero attached hydrogens (tertiary/aromatic N) is 3. The maximum atomic E-state index is 6.45. The van der Waals surface area contributed by atoms with Crippen LogP contribution in [0.1, 0.15) is 49.9 Å². The SMILES string of the molecule is CC1(C)c2ccccc2C(C)(C)c2cc(-c3ccc4oc5cc(-c6nc(-c7ccccc7)nc(-c7ccccc7)n6)ccc5c4c3)ccc21. The molecule has 1 aliphatic carbocycles. The van der Waals surface area contributed by atoms with Crippen LogP contribution in [0.25, 0.3) is 67.2 Å². The third kappa shape index (κ3) is 4.70. The van der Waals surface area contributed by atoms with Gasteiger partial charge in [-0.1, -0.05) is 137 Å². The summed E-state index contributed by atoms with van der Waals surface area (Å²) in [6, 6.07) is 48.8. The summed E-state index contributed by atoms with van der Waals surface area (Å²) in [7, 11) is 0. The molecular weight excluding hydrogens is 599 g/mol. The number of benzene rings is 6. The molecule has 0 fully saturated rings. The van der Waals surface area contributed by atoms with E-state index in [1.54, 1.807) is 0 Å². The van der Waals surface area contributed by atoms with E-state index in [2.05, 4.69) is 107 Å². The third-order valence-electron chi connectivity index (χ3n) is 10.4. The Morgan fingerprint density at radius 3 is 1.49 bits per heavy atom. The van der Waals surface area contributed by atoms with Crippen LogP contribution in [-0.4, -0.2) is 15.0 Å². The first-order valence-corrected chi connectivity index (χ1v) is 16.9. The van der Waals surface area contributed by atoms with Crippen LogP contribution in [0, 0.1) is 0 Å². The molecule has 2 aromatic heterocycles. The first-order chi connectivity index (χ1) is 23.8. The van der Waals surface area contributed by atoms with Crippen LogP contribution >= 0.6 is 0 Å². The molecule has 0 saturated heterocycles. The Morgan fingerprint density at radius 2 is 0.857 bits per heavy atom. The summed E-state index contributed by atoms with van der Waals surface area (Å²) in [4.78, 5) is 14.7. The number of rotatable bonds is 4. The predicted octanol–water partition coefficient (Wildman–Crippen LogP) is 11.4. The van der Waals surface area contributed by atoms with Crippen LogP contribution in [0.2, 0.25) is 0 Å². The van der Waals surface area contributed by atoms with E-state index in [9.17, 15) is 0 Å². The van der Waals surface area contributed by atoms with E-state index in [1.165, 1.54) is 33.4 Å². The van der Waals surface area contributed by atoms with Crippen molar-refractivity contribution in [1.29, 1.82) is 0 Å². The molecule has 9 rings (SSSR count). The number of furan rings is 1. The largest absolute Gasteiger partial charge is 0.456 e. The van der Waals surface area contributed by atoms with Crippen LogP contribution in [-0.2, 0) is 10.8 Å². The van der Waals surface area contributed by atoms with Crippen molar-refractivity contribution in [2.45, 2.75) is 38.5 Å². The predicted molar refractivity (Wildman–Crippen MR) is 200 cm³/mol. The molecule has 1 aliphatic rings. The highest BCUT2D eigenvalue weighted by molar-refractivity contribution is 6.07. The maximum Gasteiger partial charge on any atom is 0.164 e. The summed E-state index contributed by atoms with van der Waals surface area (Å²) < 4.78 is 6.45. The molecule has 4 nitrogen and oxygen atoms in total. The van der Waals surface area contributed by atoms with E-state index in [0.717, 1.165) is 38.6 Å². The molecule has 0 amide bonds. The highest BCUT2D eigenvalue weighted by Gasteiger charge is 2.41. The monoisotopic (exact) mass is 633 g/mol. The lowest BCUT2D eigenvalue weighted by molar-refractivity contribution is 0.521. The molecule has 0 spiro atoms. The smallest absolute Gasteiger partial charge is 0.164 e. The normalized spacial score (nSPS) is 14.4. The highest BCUT2D eigenvalue weighted by Crippen LogP contribution is 2.50. The second-order valence-electron chi connectivity index (χ2n) is 14.1. The number of hydrogen-bond acceptors (Lipinski definition) is 4. The Bertz CT molecular complexity index is 2490. The van der Waals surface area contributed by atoms with Crippen molar-refractivity contribution in [2.75, 3.05) is 0 Å². The molecular formula is C45H35N3O. The van der Waals surface area contributed by atoms with E-state index < -0.39 is 0 Å². The lowest BCUT2D eigenvalue weighted by Crippen LogP contribution is -2.36. The van der Waals surface area contributed by atoms with E-state index >= 15 is 0 Å². The van der Waals surface area contributed by atoms with Gasteiger partial charge in [-0.3, -0.25) is 0 Å². The minimum absolute atomic E-state index is 0.0648. The average Bonchev–Trinajstić information content (AvgIpc) is 3.52. The van der Waals surface area contributed by atoms with Crippen molar-refractivity contribution in [3.05, 3.63) is 162 Å². The van der Waals surface area contributed by atoms with Crippen LogP contribution in [0.3, 0.4) is 0 Å². The van der Waals surface area contributed by atoms with Crippen molar-refractivity contribution in [2.24, 2.45) is 0 Å². The van der Waals surface area contributed by atoms with Gasteiger partial charge in [-0.25, -0.2) is 15.0 Å². The maximum absolute atomic E-state index is 6.45. The van der Waals surface area contributed by atoms with Crippen molar-refractivity contribution < 1.29 is 4.42 Å². The van der Waals surface area contributed by atoms with Gasteiger partial charge in [-0.15, -0.1) is 0 Å². The van der Waals surface area contributed by atoms with E-state index in [-0.39, 0.29) is 10.8 Å². The van der Waals surface area contributed by atoms with Gasteiger partial charge in [0.15, 0.2) is 17.5 Å². The van der Waals surface area contributed by atoms with Gasteiger partial charge in [-0.05, 0) is 63.7 Å². The van der Waals surface area contributed by atoms with Gasteiger partial charge in [0.25, 0.3) is 0 Å². The summed E-state index contributed by atoms with van der Waals surface area (Å²) in [5.41, 5.74) is 12.2. The molecule has 0 N–H and O–H groups in total. The molecule has 8 aromatic rings. The molecule has 2 heterocycles. The molecule has 0 radical (unpaired) electrons. The second kappa shape index (κ2) is 10.8. The zero-order valence-electron chi connectivity index (χ0n) is 28.0. The molecule has 236 valence electrons.